The predicted molar refractivity (Wildman–Crippen MR) is 92.1 cm³/mol. The zero-order valence-corrected chi connectivity index (χ0v) is 13.8. The number of amides is 1. The predicted octanol–water partition coefficient (Wildman–Crippen LogP) is 2.26. The van der Waals surface area contributed by atoms with Gasteiger partial charge in [0.1, 0.15) is 12.1 Å². The van der Waals surface area contributed by atoms with E-state index in [9.17, 15) is 4.79 Å². The Morgan fingerprint density at radius 2 is 2.12 bits per heavy atom. The molecule has 7 nitrogen and oxygen atoms in total. The maximum Gasteiger partial charge on any atom is 0.258 e. The van der Waals surface area contributed by atoms with Gasteiger partial charge in [-0.2, -0.15) is 0 Å². The molecular formula is C18H17N5O2. The third kappa shape index (κ3) is 2.84. The molecule has 2 heterocycles. The van der Waals surface area contributed by atoms with Gasteiger partial charge in [0.2, 0.25) is 0 Å². The van der Waals surface area contributed by atoms with E-state index in [2.05, 4.69) is 15.5 Å². The molecule has 0 radical (unpaired) electrons. The highest BCUT2D eigenvalue weighted by atomic mass is 16.5. The van der Waals surface area contributed by atoms with Crippen molar-refractivity contribution >= 4 is 11.6 Å². The number of ether oxygens (including phenoxy) is 1. The smallest absolute Gasteiger partial charge is 0.258 e. The fourth-order valence-corrected chi connectivity index (χ4v) is 3.13. The Kier molecular flexibility index (Phi) is 3.89. The van der Waals surface area contributed by atoms with Gasteiger partial charge in [-0.05, 0) is 65.2 Å². The second-order valence-electron chi connectivity index (χ2n) is 5.86. The Labute approximate surface area is 144 Å². The molecule has 1 amide bonds. The second-order valence-corrected chi connectivity index (χ2v) is 5.86. The molecule has 25 heavy (non-hydrogen) atoms. The lowest BCUT2D eigenvalue weighted by Crippen LogP contribution is -2.35. The lowest BCUT2D eigenvalue weighted by atomic mass is 10.00. The summed E-state index contributed by atoms with van der Waals surface area (Å²) in [6.45, 7) is 0.702. The van der Waals surface area contributed by atoms with Gasteiger partial charge in [-0.15, -0.1) is 5.10 Å². The van der Waals surface area contributed by atoms with Crippen LogP contribution in [0.25, 0.3) is 5.69 Å². The van der Waals surface area contributed by atoms with E-state index in [0.29, 0.717) is 12.1 Å². The summed E-state index contributed by atoms with van der Waals surface area (Å²) >= 11 is 0. The van der Waals surface area contributed by atoms with Crippen molar-refractivity contribution < 1.29 is 9.53 Å². The number of carbonyl (C=O) groups is 1. The third-order valence-electron chi connectivity index (χ3n) is 4.36. The van der Waals surface area contributed by atoms with E-state index in [1.807, 2.05) is 41.3 Å². The monoisotopic (exact) mass is 335 g/mol. The van der Waals surface area contributed by atoms with Crippen LogP contribution in [0.15, 0.2) is 48.8 Å². The van der Waals surface area contributed by atoms with E-state index in [0.717, 1.165) is 35.5 Å². The van der Waals surface area contributed by atoms with Crippen molar-refractivity contribution in [3.05, 3.63) is 59.9 Å². The van der Waals surface area contributed by atoms with Crippen LogP contribution in [0.2, 0.25) is 0 Å². The normalized spacial score (nSPS) is 13.4. The molecule has 0 spiro atoms. The van der Waals surface area contributed by atoms with Crippen LogP contribution in [0.4, 0.5) is 5.69 Å². The van der Waals surface area contributed by atoms with Crippen LogP contribution in [0.3, 0.4) is 0 Å². The second kappa shape index (κ2) is 6.35. The number of fused-ring (bicyclic) bond motifs is 1. The highest BCUT2D eigenvalue weighted by Crippen LogP contribution is 2.31. The molecule has 0 bridgehead atoms. The van der Waals surface area contributed by atoms with Crippen molar-refractivity contribution in [2.75, 3.05) is 18.6 Å². The van der Waals surface area contributed by atoms with Crippen molar-refractivity contribution in [2.45, 2.75) is 12.8 Å². The Bertz CT molecular complexity index is 908. The summed E-state index contributed by atoms with van der Waals surface area (Å²) in [7, 11) is 1.65. The van der Waals surface area contributed by atoms with Crippen LogP contribution in [-0.4, -0.2) is 39.8 Å². The number of hydrogen-bond donors (Lipinski definition) is 0. The van der Waals surface area contributed by atoms with Gasteiger partial charge in [0.05, 0.1) is 12.8 Å². The number of methoxy groups -OCH3 is 1. The molecule has 0 saturated carbocycles. The average molecular weight is 335 g/mol. The SMILES string of the molecule is COc1ccc2c(c1)CCCN2C(=O)c1cccc(-n2cnnn2)c1. The number of aryl methyl sites for hydroxylation is 1. The van der Waals surface area contributed by atoms with Gasteiger partial charge >= 0.3 is 0 Å². The van der Waals surface area contributed by atoms with Crippen molar-refractivity contribution in [3.63, 3.8) is 0 Å². The summed E-state index contributed by atoms with van der Waals surface area (Å²) in [6, 6.07) is 13.2. The number of anilines is 1. The Balaban J connectivity index is 1.68. The molecule has 0 aliphatic carbocycles. The molecule has 0 saturated heterocycles. The number of nitrogens with zero attached hydrogens (tertiary/aromatic N) is 5. The molecule has 1 aliphatic rings. The van der Waals surface area contributed by atoms with Gasteiger partial charge in [-0.3, -0.25) is 4.79 Å². The zero-order chi connectivity index (χ0) is 17.2. The van der Waals surface area contributed by atoms with Crippen molar-refractivity contribution in [1.29, 1.82) is 0 Å². The average Bonchev–Trinajstić information content (AvgIpc) is 3.21. The lowest BCUT2D eigenvalue weighted by Gasteiger charge is -2.30. The highest BCUT2D eigenvalue weighted by Gasteiger charge is 2.24. The van der Waals surface area contributed by atoms with Crippen molar-refractivity contribution in [2.24, 2.45) is 0 Å². The number of rotatable bonds is 3. The molecule has 0 atom stereocenters. The van der Waals surface area contributed by atoms with E-state index in [-0.39, 0.29) is 5.91 Å². The molecule has 4 rings (SSSR count). The first-order valence-corrected chi connectivity index (χ1v) is 8.08. The van der Waals surface area contributed by atoms with Crippen LogP contribution in [0.1, 0.15) is 22.3 Å². The number of tetrazole rings is 1. The van der Waals surface area contributed by atoms with Gasteiger partial charge in [-0.25, -0.2) is 4.68 Å². The van der Waals surface area contributed by atoms with Crippen LogP contribution < -0.4 is 9.64 Å². The van der Waals surface area contributed by atoms with Gasteiger partial charge < -0.3 is 9.64 Å². The highest BCUT2D eigenvalue weighted by molar-refractivity contribution is 6.07. The molecule has 0 N–H and O–H groups in total. The molecule has 7 heteroatoms. The van der Waals surface area contributed by atoms with Crippen molar-refractivity contribution in [3.8, 4) is 11.4 Å². The topological polar surface area (TPSA) is 73.1 Å². The van der Waals surface area contributed by atoms with E-state index in [4.69, 9.17) is 4.74 Å². The van der Waals surface area contributed by atoms with E-state index in [1.165, 1.54) is 11.0 Å². The van der Waals surface area contributed by atoms with Crippen LogP contribution in [0, 0.1) is 0 Å². The Morgan fingerprint density at radius 3 is 2.92 bits per heavy atom. The summed E-state index contributed by atoms with van der Waals surface area (Å²) < 4.78 is 6.83. The summed E-state index contributed by atoms with van der Waals surface area (Å²) in [5.74, 6) is 0.787. The molecule has 1 aromatic heterocycles. The van der Waals surface area contributed by atoms with Crippen molar-refractivity contribution in [1.82, 2.24) is 20.2 Å². The van der Waals surface area contributed by atoms with Crippen LogP contribution >= 0.6 is 0 Å². The molecule has 1 aliphatic heterocycles. The molecule has 126 valence electrons. The molecule has 2 aromatic carbocycles. The van der Waals surface area contributed by atoms with Gasteiger partial charge in [0.25, 0.3) is 5.91 Å². The summed E-state index contributed by atoms with van der Waals surface area (Å²) in [5.41, 5.74) is 3.44. The molecule has 3 aromatic rings. The number of benzene rings is 2. The maximum absolute atomic E-state index is 13.1. The first kappa shape index (κ1) is 15.3. The minimum Gasteiger partial charge on any atom is -0.497 e. The van der Waals surface area contributed by atoms with Gasteiger partial charge in [0, 0.05) is 17.8 Å². The minimum absolute atomic E-state index is 0.0268. The maximum atomic E-state index is 13.1. The molecular weight excluding hydrogens is 318 g/mol. The summed E-state index contributed by atoms with van der Waals surface area (Å²) in [6.07, 6.45) is 3.38. The standard InChI is InChI=1S/C18H17N5O2/c1-25-16-7-8-17-13(11-16)5-3-9-22(17)18(24)14-4-2-6-15(10-14)23-12-19-20-21-23/h2,4,6-8,10-12H,3,5,9H2,1H3. The third-order valence-corrected chi connectivity index (χ3v) is 4.36. The van der Waals surface area contributed by atoms with Crippen LogP contribution in [0.5, 0.6) is 5.75 Å². The first-order chi connectivity index (χ1) is 12.3. The Hall–Kier alpha value is -3.22. The van der Waals surface area contributed by atoms with Crippen LogP contribution in [-0.2, 0) is 6.42 Å². The van der Waals surface area contributed by atoms with Gasteiger partial charge in [-0.1, -0.05) is 6.07 Å². The molecule has 0 unspecified atom stereocenters. The molecule has 0 fully saturated rings. The lowest BCUT2D eigenvalue weighted by molar-refractivity contribution is 0.0985. The fourth-order valence-electron chi connectivity index (χ4n) is 3.13. The van der Waals surface area contributed by atoms with Gasteiger partial charge in [0.15, 0.2) is 0 Å². The van der Waals surface area contributed by atoms with E-state index < -0.39 is 0 Å². The minimum atomic E-state index is -0.0268. The fraction of sp³-hybridized carbons (Fsp3) is 0.222. The first-order valence-electron chi connectivity index (χ1n) is 8.08. The number of carbonyl (C=O) groups excluding carboxylic acids is 1. The largest absolute Gasteiger partial charge is 0.497 e. The quantitative estimate of drug-likeness (QED) is 0.734. The zero-order valence-electron chi connectivity index (χ0n) is 13.8. The van der Waals surface area contributed by atoms with E-state index >= 15 is 0 Å². The summed E-state index contributed by atoms with van der Waals surface area (Å²) in [4.78, 5) is 14.9. The number of hydrogen-bond acceptors (Lipinski definition) is 5. The number of aromatic nitrogens is 4. The Morgan fingerprint density at radius 1 is 1.20 bits per heavy atom. The van der Waals surface area contributed by atoms with E-state index in [1.54, 1.807) is 13.2 Å². The summed E-state index contributed by atoms with van der Waals surface area (Å²) in [5, 5.41) is 11.1.